The fourth-order valence-electron chi connectivity index (χ4n) is 3.43. The molecule has 2 amide bonds. The van der Waals surface area contributed by atoms with Gasteiger partial charge in [-0.1, -0.05) is 30.0 Å². The summed E-state index contributed by atoms with van der Waals surface area (Å²) in [6.07, 6.45) is 5.08. The fourth-order valence-corrected chi connectivity index (χ4v) is 3.77. The summed E-state index contributed by atoms with van der Waals surface area (Å²) in [5.41, 5.74) is 0.138. The van der Waals surface area contributed by atoms with Gasteiger partial charge in [0.25, 0.3) is 11.8 Å². The first-order valence-electron chi connectivity index (χ1n) is 10.8. The molecule has 0 unspecified atom stereocenters. The number of hydrogen-bond donors (Lipinski definition) is 3. The lowest BCUT2D eigenvalue weighted by Gasteiger charge is -2.23. The molecule has 3 rings (SSSR count). The molecular formula is C23H25N5O6S. The Hall–Kier alpha value is -3.93. The number of carbonyl (C=O) groups excluding carboxylic acids is 3. The number of nitrogens with zero attached hydrogens (tertiary/aromatic N) is 3. The van der Waals surface area contributed by atoms with Crippen LogP contribution < -0.4 is 10.6 Å². The van der Waals surface area contributed by atoms with Crippen LogP contribution in [-0.2, 0) is 14.3 Å². The zero-order valence-corrected chi connectivity index (χ0v) is 20.0. The first kappa shape index (κ1) is 25.7. The zero-order valence-electron chi connectivity index (χ0n) is 19.2. The molecule has 1 aliphatic heterocycles. The fraction of sp³-hybridized carbons (Fsp3) is 0.304. The smallest absolute Gasteiger partial charge is 0.343 e. The first-order chi connectivity index (χ1) is 16.8. The molecule has 1 aromatic carbocycles. The summed E-state index contributed by atoms with van der Waals surface area (Å²) in [7, 11) is 0. The van der Waals surface area contributed by atoms with Crippen LogP contribution in [-0.4, -0.2) is 69.2 Å². The number of thioether (sulfide) groups is 1. The molecule has 1 fully saturated rings. The van der Waals surface area contributed by atoms with E-state index in [2.05, 4.69) is 20.6 Å². The molecule has 35 heavy (non-hydrogen) atoms. The van der Waals surface area contributed by atoms with E-state index in [1.807, 2.05) is 0 Å². The third-order valence-electron chi connectivity index (χ3n) is 5.11. The second kappa shape index (κ2) is 12.0. The van der Waals surface area contributed by atoms with E-state index >= 15 is 0 Å². The molecule has 2 aromatic rings. The van der Waals surface area contributed by atoms with Crippen LogP contribution in [0.1, 0.15) is 40.5 Å². The first-order valence-corrected chi connectivity index (χ1v) is 12.0. The number of aliphatic carboxylic acids is 1. The van der Waals surface area contributed by atoms with Crippen molar-refractivity contribution in [3.8, 4) is 0 Å². The molecule has 2 heterocycles. The minimum Gasteiger partial charge on any atom is -0.480 e. The predicted molar refractivity (Wildman–Crippen MR) is 128 cm³/mol. The molecule has 0 aliphatic carbocycles. The summed E-state index contributed by atoms with van der Waals surface area (Å²) >= 11 is 1.24. The van der Waals surface area contributed by atoms with Gasteiger partial charge in [0, 0.05) is 24.5 Å². The van der Waals surface area contributed by atoms with Gasteiger partial charge >= 0.3 is 11.9 Å². The van der Waals surface area contributed by atoms with Gasteiger partial charge in [0.05, 0.1) is 6.61 Å². The number of anilines is 1. The van der Waals surface area contributed by atoms with Gasteiger partial charge in [-0.05, 0) is 38.2 Å². The van der Waals surface area contributed by atoms with Crippen molar-refractivity contribution in [2.24, 2.45) is 0 Å². The van der Waals surface area contributed by atoms with Gasteiger partial charge < -0.3 is 25.4 Å². The molecule has 1 atom stereocenters. The average molecular weight is 500 g/mol. The summed E-state index contributed by atoms with van der Waals surface area (Å²) < 4.78 is 5.04. The van der Waals surface area contributed by atoms with Gasteiger partial charge in [0.15, 0.2) is 5.16 Å². The minimum absolute atomic E-state index is 0.0340. The Kier molecular flexibility index (Phi) is 8.79. The van der Waals surface area contributed by atoms with E-state index in [0.717, 1.165) is 0 Å². The molecule has 0 radical (unpaired) electrons. The average Bonchev–Trinajstić information content (AvgIpc) is 3.37. The third kappa shape index (κ3) is 6.35. The SMILES string of the molecule is CCOC(=O)c1cnc(SC)nc1N/C=C(\NC(=O)c1ccccc1)C(=O)N1CCC[C@H]1C(=O)O. The third-order valence-corrected chi connectivity index (χ3v) is 5.67. The van der Waals surface area contributed by atoms with Crippen LogP contribution in [0.15, 0.2) is 53.6 Å². The van der Waals surface area contributed by atoms with Crippen LogP contribution in [0.4, 0.5) is 5.82 Å². The van der Waals surface area contributed by atoms with E-state index in [4.69, 9.17) is 4.74 Å². The predicted octanol–water partition coefficient (Wildman–Crippen LogP) is 2.13. The van der Waals surface area contributed by atoms with Crippen LogP contribution in [0.5, 0.6) is 0 Å². The summed E-state index contributed by atoms with van der Waals surface area (Å²) in [4.78, 5) is 59.6. The standard InChI is InChI=1S/C23H25N5O6S/c1-3-34-22(33)15-12-25-23(35-2)27-18(15)24-13-16(26-19(29)14-8-5-4-6-9-14)20(30)28-11-7-10-17(28)21(31)32/h4-6,8-9,12-13,17H,3,7,10-11H2,1-2H3,(H,26,29)(H,31,32)(H,24,25,27)/b16-13-/t17-/m0/s1. The highest BCUT2D eigenvalue weighted by Gasteiger charge is 2.36. The van der Waals surface area contributed by atoms with Crippen LogP contribution in [0, 0.1) is 0 Å². The lowest BCUT2D eigenvalue weighted by molar-refractivity contribution is -0.146. The molecular weight excluding hydrogens is 474 g/mol. The van der Waals surface area contributed by atoms with Gasteiger partial charge in [0.2, 0.25) is 0 Å². The molecule has 1 saturated heterocycles. The topological polar surface area (TPSA) is 151 Å². The van der Waals surface area contributed by atoms with Crippen molar-refractivity contribution < 1.29 is 29.0 Å². The number of ether oxygens (including phenoxy) is 1. The maximum Gasteiger partial charge on any atom is 0.343 e. The van der Waals surface area contributed by atoms with Gasteiger partial charge in [-0.25, -0.2) is 19.6 Å². The Balaban J connectivity index is 1.96. The second-order valence-electron chi connectivity index (χ2n) is 7.36. The number of carboxylic acids is 1. The van der Waals surface area contributed by atoms with E-state index in [-0.39, 0.29) is 30.2 Å². The molecule has 1 aromatic heterocycles. The van der Waals surface area contributed by atoms with E-state index < -0.39 is 29.8 Å². The van der Waals surface area contributed by atoms with Crippen molar-refractivity contribution in [2.45, 2.75) is 31.0 Å². The number of nitrogens with one attached hydrogen (secondary N) is 2. The molecule has 11 nitrogen and oxygen atoms in total. The Bertz CT molecular complexity index is 1140. The Labute approximate surface area is 206 Å². The number of aromatic nitrogens is 2. The molecule has 1 aliphatic rings. The van der Waals surface area contributed by atoms with Crippen LogP contribution >= 0.6 is 11.8 Å². The summed E-state index contributed by atoms with van der Waals surface area (Å²) in [6.45, 7) is 2.03. The van der Waals surface area contributed by atoms with Crippen LogP contribution in [0.25, 0.3) is 0 Å². The minimum atomic E-state index is -1.12. The molecule has 3 N–H and O–H groups in total. The molecule has 0 spiro atoms. The highest BCUT2D eigenvalue weighted by atomic mass is 32.2. The van der Waals surface area contributed by atoms with E-state index in [1.54, 1.807) is 43.5 Å². The quantitative estimate of drug-likeness (QED) is 0.203. The van der Waals surface area contributed by atoms with E-state index in [1.165, 1.54) is 29.1 Å². The summed E-state index contributed by atoms with van der Waals surface area (Å²) in [5, 5.41) is 15.2. The number of benzene rings is 1. The lowest BCUT2D eigenvalue weighted by atomic mass is 10.2. The number of carbonyl (C=O) groups is 4. The van der Waals surface area contributed by atoms with Gasteiger partial charge in [-0.3, -0.25) is 9.59 Å². The van der Waals surface area contributed by atoms with Crippen LogP contribution in [0.3, 0.4) is 0 Å². The number of likely N-dealkylation sites (tertiary alicyclic amines) is 1. The van der Waals surface area contributed by atoms with Gasteiger partial charge in [0.1, 0.15) is 23.1 Å². The molecule has 0 bridgehead atoms. The largest absolute Gasteiger partial charge is 0.480 e. The molecule has 184 valence electrons. The Morgan fingerprint density at radius 3 is 2.66 bits per heavy atom. The zero-order chi connectivity index (χ0) is 25.4. The maximum absolute atomic E-state index is 13.3. The van der Waals surface area contributed by atoms with E-state index in [9.17, 15) is 24.3 Å². The molecule has 12 heteroatoms. The van der Waals surface area contributed by atoms with Gasteiger partial charge in [-0.15, -0.1) is 0 Å². The Morgan fingerprint density at radius 1 is 1.26 bits per heavy atom. The number of esters is 1. The van der Waals surface area contributed by atoms with Crippen molar-refractivity contribution in [3.05, 3.63) is 59.6 Å². The number of carboxylic acid groups (broad SMARTS) is 1. The molecule has 0 saturated carbocycles. The highest BCUT2D eigenvalue weighted by Crippen LogP contribution is 2.21. The number of amides is 2. The van der Waals surface area contributed by atoms with Crippen molar-refractivity contribution in [1.29, 1.82) is 0 Å². The van der Waals surface area contributed by atoms with Gasteiger partial charge in [-0.2, -0.15) is 0 Å². The maximum atomic E-state index is 13.3. The normalized spacial score (nSPS) is 15.4. The number of hydrogen-bond acceptors (Lipinski definition) is 9. The van der Waals surface area contributed by atoms with E-state index in [0.29, 0.717) is 23.6 Å². The summed E-state index contributed by atoms with van der Waals surface area (Å²) in [5.74, 6) is -2.96. The number of rotatable bonds is 9. The van der Waals surface area contributed by atoms with Crippen molar-refractivity contribution in [1.82, 2.24) is 20.2 Å². The second-order valence-corrected chi connectivity index (χ2v) is 8.13. The van der Waals surface area contributed by atoms with Crippen molar-refractivity contribution in [3.63, 3.8) is 0 Å². The monoisotopic (exact) mass is 499 g/mol. The highest BCUT2D eigenvalue weighted by molar-refractivity contribution is 7.98. The van der Waals surface area contributed by atoms with Crippen molar-refractivity contribution >= 4 is 41.3 Å². The van der Waals surface area contributed by atoms with Crippen molar-refractivity contribution in [2.75, 3.05) is 24.7 Å². The van der Waals surface area contributed by atoms with Crippen LogP contribution in [0.2, 0.25) is 0 Å². The summed E-state index contributed by atoms with van der Waals surface area (Å²) in [6, 6.07) is 7.25. The Morgan fingerprint density at radius 2 is 2.00 bits per heavy atom. The lowest BCUT2D eigenvalue weighted by Crippen LogP contribution is -2.44.